The van der Waals surface area contributed by atoms with Crippen LogP contribution in [-0.2, 0) is 6.54 Å². The van der Waals surface area contributed by atoms with E-state index in [4.69, 9.17) is 0 Å². The Balaban J connectivity index is 2.19. The number of nitrogens with one attached hydrogen (secondary N) is 1. The van der Waals surface area contributed by atoms with E-state index in [-0.39, 0.29) is 0 Å². The highest BCUT2D eigenvalue weighted by Crippen LogP contribution is 2.25. The van der Waals surface area contributed by atoms with Gasteiger partial charge in [-0.2, -0.15) is 11.8 Å². The molecule has 19 heavy (non-hydrogen) atoms. The third-order valence-electron chi connectivity index (χ3n) is 3.24. The lowest BCUT2D eigenvalue weighted by molar-refractivity contribution is 0.542. The van der Waals surface area contributed by atoms with Crippen LogP contribution in [0.3, 0.4) is 0 Å². The molecule has 1 heterocycles. The third-order valence-corrected chi connectivity index (χ3v) is 4.67. The average molecular weight is 339 g/mol. The summed E-state index contributed by atoms with van der Waals surface area (Å²) in [7, 11) is 0. The highest BCUT2D eigenvalue weighted by Gasteiger charge is 2.08. The summed E-state index contributed by atoms with van der Waals surface area (Å²) in [5.74, 6) is 1.15. The Kier molecular flexibility index (Phi) is 5.67. The van der Waals surface area contributed by atoms with Gasteiger partial charge in [-0.15, -0.1) is 0 Å². The number of hydrogen-bond acceptors (Lipinski definition) is 3. The van der Waals surface area contributed by atoms with Crippen LogP contribution < -0.4 is 5.32 Å². The SMILES string of the molecule is CCC(CSC)NCc1ccc(Br)c2cccnc12. The molecule has 1 aromatic heterocycles. The Morgan fingerprint density at radius 2 is 2.21 bits per heavy atom. The predicted molar refractivity (Wildman–Crippen MR) is 88.7 cm³/mol. The second kappa shape index (κ2) is 7.27. The highest BCUT2D eigenvalue weighted by molar-refractivity contribution is 9.10. The quantitative estimate of drug-likeness (QED) is 0.853. The Hall–Kier alpha value is -0.580. The van der Waals surface area contributed by atoms with Crippen molar-refractivity contribution in [1.29, 1.82) is 0 Å². The molecular formula is C15H19BrN2S. The molecule has 2 rings (SSSR count). The topological polar surface area (TPSA) is 24.9 Å². The number of benzene rings is 1. The third kappa shape index (κ3) is 3.71. The van der Waals surface area contributed by atoms with Gasteiger partial charge in [0.1, 0.15) is 0 Å². The summed E-state index contributed by atoms with van der Waals surface area (Å²) in [6, 6.07) is 8.91. The van der Waals surface area contributed by atoms with Crippen LogP contribution in [0, 0.1) is 0 Å². The van der Waals surface area contributed by atoms with Gasteiger partial charge < -0.3 is 5.32 Å². The molecule has 2 aromatic rings. The average Bonchev–Trinajstić information content (AvgIpc) is 2.45. The highest BCUT2D eigenvalue weighted by atomic mass is 79.9. The standard InChI is InChI=1S/C15H19BrN2S/c1-3-12(10-19-2)18-9-11-6-7-14(16)13-5-4-8-17-15(11)13/h4-8,12,18H,3,9-10H2,1-2H3. The zero-order valence-corrected chi connectivity index (χ0v) is 13.7. The fraction of sp³-hybridized carbons (Fsp3) is 0.400. The number of nitrogens with zero attached hydrogens (tertiary/aromatic N) is 1. The molecule has 4 heteroatoms. The fourth-order valence-corrected chi connectivity index (χ4v) is 3.32. The van der Waals surface area contributed by atoms with E-state index < -0.39 is 0 Å². The van der Waals surface area contributed by atoms with Crippen molar-refractivity contribution < 1.29 is 0 Å². The molecule has 0 aliphatic heterocycles. The van der Waals surface area contributed by atoms with Crippen LogP contribution in [0.1, 0.15) is 18.9 Å². The Labute approximate surface area is 127 Å². The molecule has 0 saturated heterocycles. The molecule has 0 spiro atoms. The number of pyridine rings is 1. The molecule has 0 saturated carbocycles. The molecular weight excluding hydrogens is 320 g/mol. The van der Waals surface area contributed by atoms with Crippen molar-refractivity contribution in [3.05, 3.63) is 40.5 Å². The van der Waals surface area contributed by atoms with Gasteiger partial charge >= 0.3 is 0 Å². The van der Waals surface area contributed by atoms with Gasteiger partial charge in [-0.1, -0.05) is 35.0 Å². The summed E-state index contributed by atoms with van der Waals surface area (Å²) in [6.07, 6.45) is 5.17. The van der Waals surface area contributed by atoms with E-state index in [9.17, 15) is 0 Å². The van der Waals surface area contributed by atoms with Crippen molar-refractivity contribution in [3.8, 4) is 0 Å². The van der Waals surface area contributed by atoms with Crippen LogP contribution in [0.25, 0.3) is 10.9 Å². The summed E-state index contributed by atoms with van der Waals surface area (Å²) in [5, 5.41) is 4.80. The van der Waals surface area contributed by atoms with Crippen LogP contribution in [0.4, 0.5) is 0 Å². The van der Waals surface area contributed by atoms with E-state index in [1.165, 1.54) is 10.9 Å². The van der Waals surface area contributed by atoms with Crippen LogP contribution in [-0.4, -0.2) is 23.0 Å². The first kappa shape index (κ1) is 14.8. The van der Waals surface area contributed by atoms with Crippen molar-refractivity contribution in [1.82, 2.24) is 10.3 Å². The first-order valence-electron chi connectivity index (χ1n) is 6.50. The maximum Gasteiger partial charge on any atom is 0.0758 e. The number of aromatic nitrogens is 1. The Morgan fingerprint density at radius 3 is 2.95 bits per heavy atom. The Morgan fingerprint density at radius 1 is 1.37 bits per heavy atom. The van der Waals surface area contributed by atoms with Crippen LogP contribution in [0.15, 0.2) is 34.9 Å². The number of thioether (sulfide) groups is 1. The number of fused-ring (bicyclic) bond motifs is 1. The molecule has 1 aromatic carbocycles. The second-order valence-corrected chi connectivity index (χ2v) is 6.31. The van der Waals surface area contributed by atoms with Crippen LogP contribution in [0.2, 0.25) is 0 Å². The second-order valence-electron chi connectivity index (χ2n) is 4.55. The monoisotopic (exact) mass is 338 g/mol. The summed E-state index contributed by atoms with van der Waals surface area (Å²) in [6.45, 7) is 3.10. The zero-order valence-electron chi connectivity index (χ0n) is 11.3. The molecule has 2 nitrogen and oxygen atoms in total. The molecule has 1 atom stereocenters. The fourth-order valence-electron chi connectivity index (χ4n) is 2.12. The number of halogens is 1. The largest absolute Gasteiger partial charge is 0.309 e. The molecule has 1 N–H and O–H groups in total. The lowest BCUT2D eigenvalue weighted by Crippen LogP contribution is -2.30. The van der Waals surface area contributed by atoms with E-state index in [1.807, 2.05) is 24.0 Å². The van der Waals surface area contributed by atoms with Crippen molar-refractivity contribution in [2.75, 3.05) is 12.0 Å². The van der Waals surface area contributed by atoms with Crippen molar-refractivity contribution >= 4 is 38.6 Å². The molecule has 102 valence electrons. The number of hydrogen-bond donors (Lipinski definition) is 1. The van der Waals surface area contributed by atoms with E-state index in [0.717, 1.165) is 28.7 Å². The summed E-state index contributed by atoms with van der Waals surface area (Å²) in [5.41, 5.74) is 2.35. The first-order valence-corrected chi connectivity index (χ1v) is 8.69. The van der Waals surface area contributed by atoms with Gasteiger partial charge in [-0.3, -0.25) is 4.98 Å². The van der Waals surface area contributed by atoms with Gasteiger partial charge in [-0.25, -0.2) is 0 Å². The minimum Gasteiger partial charge on any atom is -0.309 e. The van der Waals surface area contributed by atoms with Crippen molar-refractivity contribution in [2.45, 2.75) is 25.9 Å². The maximum atomic E-state index is 4.52. The summed E-state index contributed by atoms with van der Waals surface area (Å²) >= 11 is 5.48. The van der Waals surface area contributed by atoms with Crippen molar-refractivity contribution in [3.63, 3.8) is 0 Å². The molecule has 1 unspecified atom stereocenters. The van der Waals surface area contributed by atoms with E-state index >= 15 is 0 Å². The number of rotatable bonds is 6. The Bertz CT molecular complexity index is 545. The van der Waals surface area contributed by atoms with Gasteiger partial charge in [0.25, 0.3) is 0 Å². The smallest absolute Gasteiger partial charge is 0.0758 e. The lowest BCUT2D eigenvalue weighted by Gasteiger charge is -2.16. The maximum absolute atomic E-state index is 4.52. The molecule has 0 aliphatic carbocycles. The molecule has 0 amide bonds. The van der Waals surface area contributed by atoms with E-state index in [2.05, 4.69) is 57.6 Å². The molecule has 0 radical (unpaired) electrons. The van der Waals surface area contributed by atoms with Crippen LogP contribution in [0.5, 0.6) is 0 Å². The van der Waals surface area contributed by atoms with Gasteiger partial charge in [0.05, 0.1) is 5.52 Å². The minimum atomic E-state index is 0.567. The molecule has 0 aliphatic rings. The van der Waals surface area contributed by atoms with Gasteiger partial charge in [-0.05, 0) is 30.4 Å². The van der Waals surface area contributed by atoms with Gasteiger partial charge in [0.2, 0.25) is 0 Å². The zero-order chi connectivity index (χ0) is 13.7. The van der Waals surface area contributed by atoms with E-state index in [0.29, 0.717) is 6.04 Å². The normalized spacial score (nSPS) is 12.8. The van der Waals surface area contributed by atoms with Crippen LogP contribution >= 0.6 is 27.7 Å². The van der Waals surface area contributed by atoms with Gasteiger partial charge in [0, 0.05) is 34.4 Å². The molecule has 0 bridgehead atoms. The lowest BCUT2D eigenvalue weighted by atomic mass is 10.1. The summed E-state index contributed by atoms with van der Waals surface area (Å²) in [4.78, 5) is 4.52. The predicted octanol–water partition coefficient (Wildman–Crippen LogP) is 4.23. The molecule has 0 fully saturated rings. The first-order chi connectivity index (χ1) is 9.26. The van der Waals surface area contributed by atoms with Crippen molar-refractivity contribution in [2.24, 2.45) is 0 Å². The summed E-state index contributed by atoms with van der Waals surface area (Å²) < 4.78 is 1.11. The minimum absolute atomic E-state index is 0.567. The van der Waals surface area contributed by atoms with E-state index in [1.54, 1.807) is 0 Å². The van der Waals surface area contributed by atoms with Gasteiger partial charge in [0.15, 0.2) is 0 Å².